The molecule has 1 heteroatoms. The van der Waals surface area contributed by atoms with E-state index in [2.05, 4.69) is 6.92 Å². The smallest absolute Gasteiger partial charge is 0.518 e. The third-order valence-corrected chi connectivity index (χ3v) is 0.724. The summed E-state index contributed by atoms with van der Waals surface area (Å²) < 4.78 is 0. The monoisotopic (exact) mass is 90.1 g/mol. The summed E-state index contributed by atoms with van der Waals surface area (Å²) in [7, 11) is 0. The van der Waals surface area contributed by atoms with Gasteiger partial charge in [0.25, 0.3) is 0 Å². The Morgan fingerprint density at radius 3 is 2.29 bits per heavy atom. The second-order valence-corrected chi connectivity index (χ2v) is 1.38. The Morgan fingerprint density at radius 2 is 2.14 bits per heavy atom. The van der Waals surface area contributed by atoms with Crippen LogP contribution in [0.3, 0.4) is 0 Å². The van der Waals surface area contributed by atoms with Gasteiger partial charge in [0, 0.05) is 0 Å². The molecule has 0 N–H and O–H groups in total. The molecule has 0 radical (unpaired) electrons. The standard InChI is InChI=1S/C6H11.Li/c1-3-5-6-4-2;/h1,3H,4-6H2,2H3;/q-1;+1. The summed E-state index contributed by atoms with van der Waals surface area (Å²) in [4.78, 5) is 0. The molecule has 0 saturated carbocycles. The quantitative estimate of drug-likeness (QED) is 0.241. The van der Waals surface area contributed by atoms with Crippen molar-refractivity contribution in [1.29, 1.82) is 0 Å². The fourth-order valence-electron chi connectivity index (χ4n) is 0.322. The Morgan fingerprint density at radius 1 is 1.57 bits per heavy atom. The van der Waals surface area contributed by atoms with Crippen molar-refractivity contribution in [2.45, 2.75) is 26.2 Å². The first-order chi connectivity index (χ1) is 2.91. The van der Waals surface area contributed by atoms with Gasteiger partial charge < -0.3 is 6.58 Å². The van der Waals surface area contributed by atoms with Crippen LogP contribution in [0.2, 0.25) is 0 Å². The molecule has 0 bridgehead atoms. The molecule has 0 aromatic heterocycles. The molecule has 0 nitrogen and oxygen atoms in total. The summed E-state index contributed by atoms with van der Waals surface area (Å²) >= 11 is 0. The van der Waals surface area contributed by atoms with Crippen LogP contribution >= 0.6 is 0 Å². The third kappa shape index (κ3) is 10.7. The molecular weight excluding hydrogens is 79.0 g/mol. The van der Waals surface area contributed by atoms with Crippen molar-refractivity contribution < 1.29 is 18.9 Å². The fraction of sp³-hybridized carbons (Fsp3) is 0.667. The molecule has 36 valence electrons. The van der Waals surface area contributed by atoms with Gasteiger partial charge in [-0.05, 0) is 0 Å². The summed E-state index contributed by atoms with van der Waals surface area (Å²) in [6.45, 7) is 7.25. The molecule has 0 atom stereocenters. The number of rotatable bonds is 3. The summed E-state index contributed by atoms with van der Waals surface area (Å²) in [5.41, 5.74) is 0. The number of allylic oxidation sites excluding steroid dienone is 1. The minimum absolute atomic E-state index is 0. The van der Waals surface area contributed by atoms with Crippen molar-refractivity contribution in [3.05, 3.63) is 12.7 Å². The molecule has 0 rings (SSSR count). The molecule has 0 saturated heterocycles. The van der Waals surface area contributed by atoms with Crippen LogP contribution in [0.25, 0.3) is 0 Å². The van der Waals surface area contributed by atoms with E-state index in [1.807, 2.05) is 0 Å². The van der Waals surface area contributed by atoms with E-state index in [0.29, 0.717) is 0 Å². The van der Waals surface area contributed by atoms with Crippen LogP contribution in [0.5, 0.6) is 0 Å². The van der Waals surface area contributed by atoms with Crippen molar-refractivity contribution in [3.63, 3.8) is 0 Å². The average molecular weight is 90.1 g/mol. The van der Waals surface area contributed by atoms with Gasteiger partial charge in [-0.2, -0.15) is 0 Å². The first-order valence-corrected chi connectivity index (χ1v) is 2.45. The topological polar surface area (TPSA) is 0 Å². The molecule has 0 aliphatic rings. The van der Waals surface area contributed by atoms with Gasteiger partial charge in [-0.15, -0.1) is 0 Å². The summed E-state index contributed by atoms with van der Waals surface area (Å²) in [6.07, 6.45) is 5.25. The van der Waals surface area contributed by atoms with E-state index in [9.17, 15) is 0 Å². The molecule has 7 heavy (non-hydrogen) atoms. The average Bonchev–Trinajstić information content (AvgIpc) is 1.61. The van der Waals surface area contributed by atoms with Crippen molar-refractivity contribution in [3.8, 4) is 0 Å². The Hall–Kier alpha value is 0.337. The first kappa shape index (κ1) is 10.3. The second-order valence-electron chi connectivity index (χ2n) is 1.38. The van der Waals surface area contributed by atoms with E-state index in [0.717, 1.165) is 6.42 Å². The van der Waals surface area contributed by atoms with Crippen LogP contribution in [0.15, 0.2) is 6.08 Å². The number of hydrogen-bond donors (Lipinski definition) is 0. The molecule has 0 spiro atoms. The molecule has 0 aliphatic carbocycles. The molecular formula is C6H11Li. The Labute approximate surface area is 58.2 Å². The van der Waals surface area contributed by atoms with Crippen LogP contribution in [0, 0.1) is 6.58 Å². The third-order valence-electron chi connectivity index (χ3n) is 0.724. The van der Waals surface area contributed by atoms with E-state index in [1.165, 1.54) is 12.8 Å². The zero-order chi connectivity index (χ0) is 4.83. The minimum atomic E-state index is 0. The zero-order valence-electron chi connectivity index (χ0n) is 5.28. The Kier molecular flexibility index (Phi) is 14.2. The fourth-order valence-corrected chi connectivity index (χ4v) is 0.322. The maximum absolute atomic E-state index is 5.09. The predicted octanol–water partition coefficient (Wildman–Crippen LogP) is -0.830. The van der Waals surface area contributed by atoms with E-state index in [-0.39, 0.29) is 18.9 Å². The SMILES string of the molecule is [CH-]=CCCCC.[Li+]. The van der Waals surface area contributed by atoms with Crippen LogP contribution in [0.1, 0.15) is 26.2 Å². The Balaban J connectivity index is 0. The van der Waals surface area contributed by atoms with Gasteiger partial charge in [0.2, 0.25) is 0 Å². The zero-order valence-corrected chi connectivity index (χ0v) is 5.28. The van der Waals surface area contributed by atoms with Gasteiger partial charge in [0.1, 0.15) is 0 Å². The summed E-state index contributed by atoms with van der Waals surface area (Å²) in [5, 5.41) is 0. The van der Waals surface area contributed by atoms with Crippen LogP contribution in [0.4, 0.5) is 0 Å². The van der Waals surface area contributed by atoms with Crippen molar-refractivity contribution in [1.82, 2.24) is 0 Å². The molecule has 0 heterocycles. The second kappa shape index (κ2) is 9.60. The molecule has 0 amide bonds. The maximum atomic E-state index is 5.09. The molecule has 0 unspecified atom stereocenters. The molecule has 0 fully saturated rings. The largest absolute Gasteiger partial charge is 1.00 e. The van der Waals surface area contributed by atoms with Crippen LogP contribution in [-0.2, 0) is 0 Å². The number of unbranched alkanes of at least 4 members (excludes halogenated alkanes) is 2. The first-order valence-electron chi connectivity index (χ1n) is 2.45. The van der Waals surface area contributed by atoms with Crippen LogP contribution in [-0.4, -0.2) is 0 Å². The van der Waals surface area contributed by atoms with Crippen molar-refractivity contribution in [2.24, 2.45) is 0 Å². The van der Waals surface area contributed by atoms with E-state index < -0.39 is 0 Å². The van der Waals surface area contributed by atoms with E-state index in [4.69, 9.17) is 6.58 Å². The predicted molar refractivity (Wildman–Crippen MR) is 28.4 cm³/mol. The molecule has 0 aromatic carbocycles. The Bertz CT molecular complexity index is 33.2. The van der Waals surface area contributed by atoms with Gasteiger partial charge in [0.15, 0.2) is 0 Å². The normalized spacial score (nSPS) is 7.00. The summed E-state index contributed by atoms with van der Waals surface area (Å²) in [6, 6.07) is 0. The van der Waals surface area contributed by atoms with E-state index >= 15 is 0 Å². The van der Waals surface area contributed by atoms with Gasteiger partial charge in [0.05, 0.1) is 0 Å². The van der Waals surface area contributed by atoms with Crippen molar-refractivity contribution >= 4 is 0 Å². The van der Waals surface area contributed by atoms with E-state index in [1.54, 1.807) is 6.08 Å². The van der Waals surface area contributed by atoms with Gasteiger partial charge in [-0.1, -0.05) is 26.2 Å². The minimum Gasteiger partial charge on any atom is -0.518 e. The summed E-state index contributed by atoms with van der Waals surface area (Å²) in [5.74, 6) is 0. The van der Waals surface area contributed by atoms with Gasteiger partial charge >= 0.3 is 18.9 Å². The molecule has 0 aromatic rings. The van der Waals surface area contributed by atoms with Gasteiger partial charge in [-0.3, -0.25) is 6.08 Å². The van der Waals surface area contributed by atoms with Crippen molar-refractivity contribution in [2.75, 3.05) is 0 Å². The van der Waals surface area contributed by atoms with Gasteiger partial charge in [-0.25, -0.2) is 0 Å². The van der Waals surface area contributed by atoms with Crippen LogP contribution < -0.4 is 18.9 Å². The number of hydrogen-bond acceptors (Lipinski definition) is 0. The maximum Gasteiger partial charge on any atom is 1.00 e. The molecule has 0 aliphatic heterocycles.